The summed E-state index contributed by atoms with van der Waals surface area (Å²) in [7, 11) is 0. The van der Waals surface area contributed by atoms with E-state index >= 15 is 0 Å². The molecular formula is C54H97NO18. The van der Waals surface area contributed by atoms with Crippen LogP contribution in [-0.2, 0) is 33.2 Å². The normalized spacial score (nSPS) is 32.0. The summed E-state index contributed by atoms with van der Waals surface area (Å²) in [6, 6.07) is -0.988. The Bertz CT molecular complexity index is 1490. The molecule has 0 aliphatic carbocycles. The fourth-order valence-electron chi connectivity index (χ4n) is 9.26. The van der Waals surface area contributed by atoms with Gasteiger partial charge in [0.25, 0.3) is 0 Å². The van der Waals surface area contributed by atoms with E-state index in [1.165, 1.54) is 103 Å². The summed E-state index contributed by atoms with van der Waals surface area (Å²) < 4.78 is 33.9. The molecule has 0 saturated carbocycles. The van der Waals surface area contributed by atoms with Gasteiger partial charge in [0, 0.05) is 6.42 Å². The van der Waals surface area contributed by atoms with Crippen LogP contribution in [0.2, 0.25) is 0 Å². The van der Waals surface area contributed by atoms with Crippen LogP contribution in [0.5, 0.6) is 0 Å². The van der Waals surface area contributed by atoms with Crippen molar-refractivity contribution >= 4 is 5.91 Å². The van der Waals surface area contributed by atoms with Crippen LogP contribution in [0, 0.1) is 0 Å². The lowest BCUT2D eigenvalue weighted by Crippen LogP contribution is -2.66. The van der Waals surface area contributed by atoms with Crippen molar-refractivity contribution in [2.45, 2.75) is 272 Å². The van der Waals surface area contributed by atoms with Crippen molar-refractivity contribution in [3.05, 3.63) is 36.5 Å². The monoisotopic (exact) mass is 1050 g/mol. The maximum absolute atomic E-state index is 12.8. The number of carbonyl (C=O) groups excluding carboxylic acids is 1. The molecule has 0 aromatic heterocycles. The molecule has 426 valence electrons. The third kappa shape index (κ3) is 23.7. The minimum atomic E-state index is -1.98. The number of unbranched alkanes of at least 4 members (excludes halogenated alkanes) is 19. The first-order chi connectivity index (χ1) is 35.3. The van der Waals surface area contributed by atoms with Crippen LogP contribution in [0.3, 0.4) is 0 Å². The predicted molar refractivity (Wildman–Crippen MR) is 272 cm³/mol. The smallest absolute Gasteiger partial charge is 0.220 e. The summed E-state index contributed by atoms with van der Waals surface area (Å²) in [5.41, 5.74) is 0. The number of hydrogen-bond donors (Lipinski definition) is 12. The molecule has 3 aliphatic rings. The van der Waals surface area contributed by atoms with Crippen LogP contribution in [0.4, 0.5) is 0 Å². The molecule has 0 spiro atoms. The minimum absolute atomic E-state index is 0.206. The molecule has 17 unspecified atom stereocenters. The van der Waals surface area contributed by atoms with Gasteiger partial charge in [-0.3, -0.25) is 4.79 Å². The van der Waals surface area contributed by atoms with Crippen molar-refractivity contribution < 1.29 is 89.4 Å². The number of aliphatic hydroxyl groups excluding tert-OH is 11. The third-order valence-electron chi connectivity index (χ3n) is 13.9. The predicted octanol–water partition coefficient (Wildman–Crippen LogP) is 3.37. The topological polar surface area (TPSA) is 307 Å². The summed E-state index contributed by atoms with van der Waals surface area (Å²) in [6.45, 7) is 1.40. The minimum Gasteiger partial charge on any atom is -0.394 e. The highest BCUT2D eigenvalue weighted by Crippen LogP contribution is 2.33. The zero-order chi connectivity index (χ0) is 53.4. The van der Waals surface area contributed by atoms with Crippen LogP contribution < -0.4 is 5.32 Å². The molecule has 19 heteroatoms. The van der Waals surface area contributed by atoms with Crippen LogP contribution in [-0.4, -0.2) is 193 Å². The molecule has 17 atom stereocenters. The number of rotatable bonds is 39. The Morgan fingerprint density at radius 3 is 1.36 bits per heavy atom. The second-order valence-electron chi connectivity index (χ2n) is 20.0. The van der Waals surface area contributed by atoms with Gasteiger partial charge >= 0.3 is 0 Å². The molecule has 12 N–H and O–H groups in total. The molecule has 0 aromatic carbocycles. The van der Waals surface area contributed by atoms with Gasteiger partial charge in [-0.15, -0.1) is 0 Å². The zero-order valence-corrected chi connectivity index (χ0v) is 43.9. The fraction of sp³-hybridized carbons (Fsp3) is 0.870. The lowest BCUT2D eigenvalue weighted by atomic mass is 9.96. The van der Waals surface area contributed by atoms with Crippen molar-refractivity contribution in [3.63, 3.8) is 0 Å². The first-order valence-electron chi connectivity index (χ1n) is 27.7. The maximum Gasteiger partial charge on any atom is 0.220 e. The van der Waals surface area contributed by atoms with Gasteiger partial charge in [0.15, 0.2) is 18.9 Å². The number of nitrogens with one attached hydrogen (secondary N) is 1. The number of allylic oxidation sites excluding steroid dienone is 5. The summed E-state index contributed by atoms with van der Waals surface area (Å²) >= 11 is 0. The van der Waals surface area contributed by atoms with Crippen molar-refractivity contribution in [1.29, 1.82) is 0 Å². The van der Waals surface area contributed by atoms with Gasteiger partial charge in [0.1, 0.15) is 73.2 Å². The highest BCUT2D eigenvalue weighted by Gasteiger charge is 2.53. The Labute approximate surface area is 434 Å². The van der Waals surface area contributed by atoms with Crippen molar-refractivity contribution in [1.82, 2.24) is 5.32 Å². The fourth-order valence-corrected chi connectivity index (χ4v) is 9.26. The van der Waals surface area contributed by atoms with Crippen molar-refractivity contribution in [2.75, 3.05) is 26.4 Å². The molecule has 0 radical (unpaired) electrons. The molecule has 3 saturated heterocycles. The van der Waals surface area contributed by atoms with E-state index in [0.717, 1.165) is 32.1 Å². The quantitative estimate of drug-likeness (QED) is 0.0310. The molecule has 3 aliphatic heterocycles. The Balaban J connectivity index is 1.39. The number of aliphatic hydroxyl groups is 11. The number of carbonyl (C=O) groups is 1. The Kier molecular flexibility index (Phi) is 34.5. The average Bonchev–Trinajstić information content (AvgIpc) is 3.39. The van der Waals surface area contributed by atoms with Crippen molar-refractivity contribution in [2.24, 2.45) is 0 Å². The summed E-state index contributed by atoms with van der Waals surface area (Å²) in [4.78, 5) is 12.8. The molecular weight excluding hydrogens is 951 g/mol. The molecule has 3 rings (SSSR count). The highest BCUT2D eigenvalue weighted by molar-refractivity contribution is 5.76. The number of ether oxygens (including phenoxy) is 6. The van der Waals surface area contributed by atoms with E-state index in [9.17, 15) is 61.0 Å². The van der Waals surface area contributed by atoms with Gasteiger partial charge in [-0.05, 0) is 44.9 Å². The molecule has 1 amide bonds. The Morgan fingerprint density at radius 1 is 0.479 bits per heavy atom. The van der Waals surface area contributed by atoms with E-state index < -0.39 is 124 Å². The van der Waals surface area contributed by atoms with Crippen molar-refractivity contribution in [3.8, 4) is 0 Å². The molecule has 3 heterocycles. The molecule has 19 nitrogen and oxygen atoms in total. The van der Waals surface area contributed by atoms with E-state index in [-0.39, 0.29) is 18.9 Å². The van der Waals surface area contributed by atoms with Crippen LogP contribution in [0.15, 0.2) is 36.5 Å². The Hall–Kier alpha value is -1.99. The van der Waals surface area contributed by atoms with E-state index in [2.05, 4.69) is 36.5 Å². The molecule has 73 heavy (non-hydrogen) atoms. The van der Waals surface area contributed by atoms with Crippen LogP contribution in [0.1, 0.15) is 168 Å². The number of amides is 1. The standard InChI is InChI=1S/C54H97NO18/c1-3-5-7-8-9-10-11-12-13-14-15-16-17-18-19-20-21-22-23-24-25-26-27-28-29-30-31-38(59)37(55-42(60)32-6-4-2)36-68-52-48(66)45(63)50(40(34-57)70-52)73-54-49(67)46(64)51(41(35-58)71-54)72-53-47(65)44(62)43(61)39(33-56)69-53/h22-23,26-27,30-31,37-41,43-54,56-59,61-67H,3-21,24-25,28-29,32-36H2,1-2H3,(H,55,60)/b23-22+,27-26+,31-30+. The summed E-state index contributed by atoms with van der Waals surface area (Å²) in [5, 5.41) is 119. The first-order valence-corrected chi connectivity index (χ1v) is 27.7. The van der Waals surface area contributed by atoms with E-state index in [1.54, 1.807) is 12.2 Å². The second-order valence-corrected chi connectivity index (χ2v) is 20.0. The third-order valence-corrected chi connectivity index (χ3v) is 13.9. The second kappa shape index (κ2) is 38.5. The summed E-state index contributed by atoms with van der Waals surface area (Å²) in [5.74, 6) is -0.327. The largest absolute Gasteiger partial charge is 0.394 e. The van der Waals surface area contributed by atoms with Gasteiger partial charge < -0.3 is 89.9 Å². The molecule has 3 fully saturated rings. The van der Waals surface area contributed by atoms with Crippen LogP contribution >= 0.6 is 0 Å². The first kappa shape index (κ1) is 65.3. The summed E-state index contributed by atoms with van der Waals surface area (Å²) in [6.07, 6.45) is 13.2. The molecule has 0 aromatic rings. The average molecular weight is 1050 g/mol. The Morgan fingerprint density at radius 2 is 0.877 bits per heavy atom. The van der Waals surface area contributed by atoms with E-state index in [0.29, 0.717) is 12.8 Å². The molecule has 0 bridgehead atoms. The lowest BCUT2D eigenvalue weighted by Gasteiger charge is -2.48. The van der Waals surface area contributed by atoms with Gasteiger partial charge in [-0.1, -0.05) is 153 Å². The number of hydrogen-bond acceptors (Lipinski definition) is 18. The SMILES string of the molecule is CCCCCCCCCCCCCCCCCC/C=C/CC/C=C/CC/C=C/C(O)C(COC1OC(CO)C(OC2OC(CO)C(OC3OC(CO)C(O)C(O)C3O)C(O)C2O)C(O)C1O)NC(=O)CCCC. The maximum atomic E-state index is 12.8. The van der Waals surface area contributed by atoms with E-state index in [4.69, 9.17) is 28.4 Å². The van der Waals surface area contributed by atoms with E-state index in [1.807, 2.05) is 6.92 Å². The van der Waals surface area contributed by atoms with Crippen LogP contribution in [0.25, 0.3) is 0 Å². The zero-order valence-electron chi connectivity index (χ0n) is 43.9. The lowest BCUT2D eigenvalue weighted by molar-refractivity contribution is -0.379. The highest BCUT2D eigenvalue weighted by atomic mass is 16.8. The van der Waals surface area contributed by atoms with Gasteiger partial charge in [0.05, 0.1) is 38.6 Å². The van der Waals surface area contributed by atoms with Gasteiger partial charge in [-0.25, -0.2) is 0 Å². The van der Waals surface area contributed by atoms with Gasteiger partial charge in [-0.2, -0.15) is 0 Å². The van der Waals surface area contributed by atoms with Gasteiger partial charge in [0.2, 0.25) is 5.91 Å².